The van der Waals surface area contributed by atoms with Crippen LogP contribution >= 0.6 is 0 Å². The normalized spacial score (nSPS) is 15.5. The number of fused-ring (bicyclic) bond motifs is 2. The van der Waals surface area contributed by atoms with Crippen LogP contribution in [0.3, 0.4) is 0 Å². The molecule has 6 N–H and O–H groups in total. The van der Waals surface area contributed by atoms with Gasteiger partial charge >= 0.3 is 20.2 Å². The van der Waals surface area contributed by atoms with E-state index in [9.17, 15) is 38.7 Å². The summed E-state index contributed by atoms with van der Waals surface area (Å²) >= 11 is 0. The maximum Gasteiger partial charge on any atom is 0.491 e. The number of nitrogens with one attached hydrogen (secondary N) is 3. The molecule has 2 heterocycles. The maximum absolute atomic E-state index is 13.7. The number of carbonyl (C=O) groups excluding carboxylic acids is 3. The second-order valence-corrected chi connectivity index (χ2v) is 10.6. The van der Waals surface area contributed by atoms with Gasteiger partial charge < -0.3 is 40.4 Å². The molecule has 2 aliphatic heterocycles. The van der Waals surface area contributed by atoms with Crippen LogP contribution in [0.4, 0.5) is 4.39 Å². The van der Waals surface area contributed by atoms with Crippen LogP contribution in [0.25, 0.3) is 0 Å². The van der Waals surface area contributed by atoms with E-state index in [1.54, 1.807) is 12.1 Å². The first-order chi connectivity index (χ1) is 21.0. The van der Waals surface area contributed by atoms with Crippen LogP contribution in [0.5, 0.6) is 0 Å². The van der Waals surface area contributed by atoms with Gasteiger partial charge in [0, 0.05) is 11.1 Å². The van der Waals surface area contributed by atoms with Crippen molar-refractivity contribution in [3.05, 3.63) is 94.3 Å². The minimum absolute atomic E-state index is 0.109. The topological polar surface area (TPSA) is 184 Å². The monoisotopic (exact) mass is 603 g/mol. The molecule has 0 aliphatic carbocycles. The summed E-state index contributed by atoms with van der Waals surface area (Å²) in [6.07, 6.45) is -0.541. The summed E-state index contributed by atoms with van der Waals surface area (Å²) in [4.78, 5) is 51.9. The van der Waals surface area contributed by atoms with E-state index in [1.807, 2.05) is 0 Å². The summed E-state index contributed by atoms with van der Waals surface area (Å²) in [7, 11) is -2.39. The number of hydrogen-bond donors (Lipinski definition) is 6. The van der Waals surface area contributed by atoms with Crippen molar-refractivity contribution in [2.75, 3.05) is 0 Å². The minimum atomic E-state index is -1.42. The van der Waals surface area contributed by atoms with Crippen LogP contribution in [0.1, 0.15) is 56.8 Å². The van der Waals surface area contributed by atoms with Crippen LogP contribution in [-0.2, 0) is 32.1 Å². The van der Waals surface area contributed by atoms with Gasteiger partial charge in [0.15, 0.2) is 0 Å². The molecular formula is C29H28B2FN3O9. The van der Waals surface area contributed by atoms with Crippen LogP contribution in [-0.4, -0.2) is 65.2 Å². The number of benzene rings is 3. The third kappa shape index (κ3) is 6.81. The highest BCUT2D eigenvalue weighted by Crippen LogP contribution is 2.19. The van der Waals surface area contributed by atoms with Crippen molar-refractivity contribution >= 4 is 48.9 Å². The van der Waals surface area contributed by atoms with Crippen molar-refractivity contribution < 1.29 is 48.0 Å². The first-order valence-electron chi connectivity index (χ1n) is 13.7. The number of carboxylic acids is 1. The van der Waals surface area contributed by atoms with E-state index in [-0.39, 0.29) is 24.3 Å². The largest absolute Gasteiger partial charge is 0.491 e. The number of amides is 3. The number of rotatable bonds is 10. The van der Waals surface area contributed by atoms with Gasteiger partial charge in [0.25, 0.3) is 11.8 Å². The summed E-state index contributed by atoms with van der Waals surface area (Å²) in [5, 5.41) is 37.5. The zero-order valence-corrected chi connectivity index (χ0v) is 23.5. The lowest BCUT2D eigenvalue weighted by molar-refractivity contribution is -0.137. The lowest BCUT2D eigenvalue weighted by Crippen LogP contribution is -2.58. The Bertz CT molecular complexity index is 1610. The Labute approximate surface area is 251 Å². The molecule has 0 saturated heterocycles. The Hall–Kier alpha value is -4.56. The second kappa shape index (κ2) is 13.0. The maximum atomic E-state index is 13.7. The predicted octanol–water partition coefficient (Wildman–Crippen LogP) is -0.490. The van der Waals surface area contributed by atoms with E-state index in [1.165, 1.54) is 43.3 Å². The fraction of sp³-hybridized carbons (Fsp3) is 0.241. The van der Waals surface area contributed by atoms with E-state index in [0.29, 0.717) is 22.1 Å². The molecule has 0 unspecified atom stereocenters. The highest BCUT2D eigenvalue weighted by molar-refractivity contribution is 6.62. The summed E-state index contributed by atoms with van der Waals surface area (Å²) in [5.41, 5.74) is 2.86. The van der Waals surface area contributed by atoms with Gasteiger partial charge in [0.1, 0.15) is 11.9 Å². The molecule has 5 rings (SSSR count). The number of carboxylic acid groups (broad SMARTS) is 1. The molecule has 0 fully saturated rings. The van der Waals surface area contributed by atoms with E-state index >= 15 is 0 Å². The minimum Gasteiger partial charge on any atom is -0.481 e. The molecule has 3 aromatic rings. The average molecular weight is 603 g/mol. The molecule has 226 valence electrons. The Morgan fingerprint density at radius 3 is 1.86 bits per heavy atom. The third-order valence-corrected chi connectivity index (χ3v) is 7.54. The molecule has 0 saturated carbocycles. The van der Waals surface area contributed by atoms with E-state index < -0.39 is 68.3 Å². The second-order valence-electron chi connectivity index (χ2n) is 10.6. The quantitative estimate of drug-likeness (QED) is 0.167. The average Bonchev–Trinajstić information content (AvgIpc) is 3.56. The van der Waals surface area contributed by atoms with Gasteiger partial charge in [0.2, 0.25) is 5.91 Å². The molecule has 12 nitrogen and oxygen atoms in total. The van der Waals surface area contributed by atoms with Crippen LogP contribution in [0.2, 0.25) is 0 Å². The molecular weight excluding hydrogens is 575 g/mol. The van der Waals surface area contributed by atoms with Crippen LogP contribution in [0, 0.1) is 5.82 Å². The SMILES string of the molecule is C[C@H](NC(=O)c1ccc2c(c1)B(O)OC2)[C@H](NC(=O)c1ccc2c(c1)B(O)OC2)C(=O)N[C@@H](CC(=O)O)c1ccc(F)cc1. The van der Waals surface area contributed by atoms with Crippen molar-refractivity contribution in [3.63, 3.8) is 0 Å². The molecule has 15 heteroatoms. The van der Waals surface area contributed by atoms with Gasteiger partial charge in [0.05, 0.1) is 31.7 Å². The molecule has 3 amide bonds. The fourth-order valence-corrected chi connectivity index (χ4v) is 5.11. The predicted molar refractivity (Wildman–Crippen MR) is 155 cm³/mol. The van der Waals surface area contributed by atoms with Crippen LogP contribution in [0.15, 0.2) is 60.7 Å². The lowest BCUT2D eigenvalue weighted by Gasteiger charge is -2.28. The Kier molecular flexibility index (Phi) is 9.11. The number of carbonyl (C=O) groups is 4. The summed E-state index contributed by atoms with van der Waals surface area (Å²) in [5.74, 6) is -3.91. The number of halogens is 1. The number of aliphatic carboxylic acids is 1. The smallest absolute Gasteiger partial charge is 0.481 e. The summed E-state index contributed by atoms with van der Waals surface area (Å²) in [6.45, 7) is 1.85. The summed E-state index contributed by atoms with van der Waals surface area (Å²) in [6, 6.07) is 10.6. The summed E-state index contributed by atoms with van der Waals surface area (Å²) < 4.78 is 23.9. The molecule has 3 aromatic carbocycles. The van der Waals surface area contributed by atoms with Crippen molar-refractivity contribution in [3.8, 4) is 0 Å². The third-order valence-electron chi connectivity index (χ3n) is 7.54. The van der Waals surface area contributed by atoms with E-state index in [4.69, 9.17) is 9.31 Å². The van der Waals surface area contributed by atoms with Gasteiger partial charge in [-0.15, -0.1) is 0 Å². The zero-order valence-electron chi connectivity index (χ0n) is 23.5. The molecule has 0 spiro atoms. The molecule has 0 radical (unpaired) electrons. The Morgan fingerprint density at radius 2 is 1.34 bits per heavy atom. The van der Waals surface area contributed by atoms with Gasteiger partial charge in [-0.1, -0.05) is 24.3 Å². The van der Waals surface area contributed by atoms with Crippen molar-refractivity contribution in [1.82, 2.24) is 16.0 Å². The molecule has 2 aliphatic rings. The Morgan fingerprint density at radius 1 is 0.818 bits per heavy atom. The van der Waals surface area contributed by atoms with E-state index in [2.05, 4.69) is 16.0 Å². The van der Waals surface area contributed by atoms with Gasteiger partial charge in [-0.2, -0.15) is 0 Å². The molecule has 0 aromatic heterocycles. The highest BCUT2D eigenvalue weighted by atomic mass is 19.1. The highest BCUT2D eigenvalue weighted by Gasteiger charge is 2.34. The van der Waals surface area contributed by atoms with Gasteiger partial charge in [-0.05, 0) is 70.9 Å². The van der Waals surface area contributed by atoms with E-state index in [0.717, 1.165) is 17.7 Å². The van der Waals surface area contributed by atoms with Crippen molar-refractivity contribution in [1.29, 1.82) is 0 Å². The first-order valence-corrected chi connectivity index (χ1v) is 13.7. The first kappa shape index (κ1) is 30.9. The van der Waals surface area contributed by atoms with Crippen LogP contribution < -0.4 is 26.9 Å². The van der Waals surface area contributed by atoms with Crippen molar-refractivity contribution in [2.24, 2.45) is 0 Å². The standard InChI is InChI=1S/C29H28B2FN3O9/c1-15(33-27(38)17-2-4-19-13-43-30(41)22(19)10-17)26(35-28(39)18-3-5-20-14-44-31(42)23(20)11-18)29(40)34-24(12-25(36)37)16-6-8-21(32)9-7-16/h2-11,15,24,26,41-42H,12-14H2,1H3,(H,33,38)(H,34,40)(H,35,39)(H,36,37)/t15-,24-,26-/m0/s1. The molecule has 0 bridgehead atoms. The lowest BCUT2D eigenvalue weighted by atomic mass is 9.78. The zero-order chi connectivity index (χ0) is 31.5. The van der Waals surface area contributed by atoms with Gasteiger partial charge in [-0.25, -0.2) is 4.39 Å². The molecule has 44 heavy (non-hydrogen) atoms. The Balaban J connectivity index is 1.39. The van der Waals surface area contributed by atoms with Gasteiger partial charge in [-0.3, -0.25) is 19.2 Å². The van der Waals surface area contributed by atoms with Crippen molar-refractivity contribution in [2.45, 2.75) is 44.7 Å². The fourth-order valence-electron chi connectivity index (χ4n) is 5.11. The molecule has 3 atom stereocenters. The number of hydrogen-bond acceptors (Lipinski definition) is 8.